The fraction of sp³-hybridized carbons (Fsp3) is 0.350. The molecule has 0 radical (unpaired) electrons. The maximum atomic E-state index is 12.9. The maximum absolute atomic E-state index is 12.9. The van der Waals surface area contributed by atoms with Crippen LogP contribution >= 0.6 is 11.8 Å². The van der Waals surface area contributed by atoms with Gasteiger partial charge in [0.25, 0.3) is 5.69 Å². The van der Waals surface area contributed by atoms with Crippen LogP contribution in [0.4, 0.5) is 5.69 Å². The summed E-state index contributed by atoms with van der Waals surface area (Å²) in [4.78, 5) is 48.6. The van der Waals surface area contributed by atoms with E-state index in [0.717, 1.165) is 11.8 Å². The van der Waals surface area contributed by atoms with Crippen LogP contribution < -0.4 is 5.32 Å². The maximum Gasteiger partial charge on any atom is 0.356 e. The first-order chi connectivity index (χ1) is 16.4. The zero-order chi connectivity index (χ0) is 25.9. The molecule has 2 amide bonds. The minimum absolute atomic E-state index is 0.0483. The lowest BCUT2D eigenvalue weighted by molar-refractivity contribution is -0.384. The van der Waals surface area contributed by atoms with Crippen LogP contribution in [0.25, 0.3) is 0 Å². The van der Waals surface area contributed by atoms with E-state index in [-0.39, 0.29) is 30.3 Å². The molecular weight excluding hydrogens is 506 g/mol. The summed E-state index contributed by atoms with van der Waals surface area (Å²) in [6, 6.07) is 4.75. The zero-order valence-corrected chi connectivity index (χ0v) is 20.0. The molecule has 0 spiro atoms. The summed E-state index contributed by atoms with van der Waals surface area (Å²) in [5.74, 6) is -2.71. The van der Waals surface area contributed by atoms with Crippen LogP contribution in [0.3, 0.4) is 0 Å². The summed E-state index contributed by atoms with van der Waals surface area (Å²) in [6.45, 7) is 2.37. The summed E-state index contributed by atoms with van der Waals surface area (Å²) < 4.78 is 42.6. The normalized spacial score (nSPS) is 20.4. The second kappa shape index (κ2) is 10.6. The standard InChI is InChI=1S/C20H21N3O10S2/c1-11(33-35(29,30)31)17-15-9-16(34-8-7-21-12(2)24)18(22(15)19(17)25)20(26)32-10-13-3-5-14(6-4-13)23(27)28/h3-8,11,15,17H,9-10H2,1-2H3,(H,21,24)(H,29,30,31)/p-1/b8-7+/t11-,15+,17-/m0/s1. The van der Waals surface area contributed by atoms with E-state index in [1.165, 1.54) is 54.6 Å². The van der Waals surface area contributed by atoms with Gasteiger partial charge in [-0.2, -0.15) is 0 Å². The molecule has 0 aromatic heterocycles. The van der Waals surface area contributed by atoms with Crippen molar-refractivity contribution in [2.24, 2.45) is 5.92 Å². The number of benzene rings is 1. The van der Waals surface area contributed by atoms with Gasteiger partial charge in [-0.15, -0.1) is 0 Å². The molecule has 35 heavy (non-hydrogen) atoms. The first kappa shape index (κ1) is 26.3. The van der Waals surface area contributed by atoms with Gasteiger partial charge in [-0.1, -0.05) is 11.8 Å². The SMILES string of the molecule is CC(=O)N/C=C/SC1=C(C(=O)OCc2ccc([N+](=O)[O-])cc2)N2C(=O)[C@@H]([C@H](C)OS(=O)(=O)[O-])[C@H]2C1. The molecule has 188 valence electrons. The van der Waals surface area contributed by atoms with E-state index >= 15 is 0 Å². The van der Waals surface area contributed by atoms with Crippen molar-refractivity contribution in [2.45, 2.75) is 39.0 Å². The van der Waals surface area contributed by atoms with Crippen molar-refractivity contribution in [2.75, 3.05) is 0 Å². The van der Waals surface area contributed by atoms with Crippen molar-refractivity contribution < 1.29 is 41.2 Å². The third-order valence-electron chi connectivity index (χ3n) is 5.22. The number of thioether (sulfide) groups is 1. The van der Waals surface area contributed by atoms with E-state index in [2.05, 4.69) is 9.50 Å². The van der Waals surface area contributed by atoms with Crippen molar-refractivity contribution in [1.82, 2.24) is 10.2 Å². The average molecular weight is 527 g/mol. The first-order valence-electron chi connectivity index (χ1n) is 10.1. The van der Waals surface area contributed by atoms with E-state index < -0.39 is 45.3 Å². The third kappa shape index (κ3) is 6.25. The number of carbonyl (C=O) groups is 3. The average Bonchev–Trinajstić information content (AvgIpc) is 3.08. The van der Waals surface area contributed by atoms with Crippen molar-refractivity contribution in [3.63, 3.8) is 0 Å². The molecule has 0 bridgehead atoms. The van der Waals surface area contributed by atoms with Gasteiger partial charge in [0.15, 0.2) is 0 Å². The lowest BCUT2D eigenvalue weighted by Gasteiger charge is -2.45. The molecule has 0 saturated carbocycles. The van der Waals surface area contributed by atoms with Gasteiger partial charge in [0.2, 0.25) is 22.2 Å². The number of esters is 1. The summed E-state index contributed by atoms with van der Waals surface area (Å²) in [5, 5.41) is 14.7. The number of amides is 2. The van der Waals surface area contributed by atoms with E-state index in [4.69, 9.17) is 4.74 Å². The van der Waals surface area contributed by atoms with Crippen LogP contribution in [0.1, 0.15) is 25.8 Å². The van der Waals surface area contributed by atoms with E-state index in [0.29, 0.717) is 10.5 Å². The molecule has 1 aromatic carbocycles. The predicted molar refractivity (Wildman–Crippen MR) is 119 cm³/mol. The molecule has 3 atom stereocenters. The number of rotatable bonds is 10. The lowest BCUT2D eigenvalue weighted by atomic mass is 9.83. The van der Waals surface area contributed by atoms with Gasteiger partial charge in [-0.05, 0) is 30.0 Å². The van der Waals surface area contributed by atoms with Crippen LogP contribution in [-0.4, -0.2) is 52.7 Å². The van der Waals surface area contributed by atoms with Crippen LogP contribution in [0.2, 0.25) is 0 Å². The Morgan fingerprint density at radius 2 is 2.00 bits per heavy atom. The van der Waals surface area contributed by atoms with Gasteiger partial charge < -0.3 is 19.5 Å². The van der Waals surface area contributed by atoms with Crippen molar-refractivity contribution in [1.29, 1.82) is 0 Å². The molecule has 0 aliphatic carbocycles. The molecule has 3 rings (SSSR count). The summed E-state index contributed by atoms with van der Waals surface area (Å²) in [6.07, 6.45) is 0.285. The Labute approximate surface area is 204 Å². The second-order valence-corrected chi connectivity index (χ2v) is 9.62. The lowest BCUT2D eigenvalue weighted by Crippen LogP contribution is -2.62. The second-order valence-electron chi connectivity index (χ2n) is 7.61. The number of hydrogen-bond donors (Lipinski definition) is 1. The minimum Gasteiger partial charge on any atom is -0.726 e. The number of fused-ring (bicyclic) bond motifs is 1. The number of nitro groups is 1. The molecule has 1 aromatic rings. The smallest absolute Gasteiger partial charge is 0.356 e. The van der Waals surface area contributed by atoms with Crippen molar-refractivity contribution in [3.8, 4) is 0 Å². The quantitative estimate of drug-likeness (QED) is 0.116. The molecule has 2 heterocycles. The van der Waals surface area contributed by atoms with E-state index in [9.17, 15) is 37.5 Å². The molecule has 13 nitrogen and oxygen atoms in total. The Morgan fingerprint density at radius 3 is 2.57 bits per heavy atom. The van der Waals surface area contributed by atoms with E-state index in [1.807, 2.05) is 0 Å². The summed E-state index contributed by atoms with van der Waals surface area (Å²) >= 11 is 1.06. The number of nitro benzene ring substituents is 1. The number of nitrogens with zero attached hydrogens (tertiary/aromatic N) is 2. The molecular formula is C20H20N3O10S2-. The Balaban J connectivity index is 1.77. The van der Waals surface area contributed by atoms with Gasteiger partial charge >= 0.3 is 5.97 Å². The highest BCUT2D eigenvalue weighted by Crippen LogP contribution is 2.48. The number of carbonyl (C=O) groups excluding carboxylic acids is 3. The molecule has 1 fully saturated rings. The van der Waals surface area contributed by atoms with Crippen LogP contribution in [-0.2, 0) is 40.3 Å². The molecule has 2 aliphatic heterocycles. The van der Waals surface area contributed by atoms with Gasteiger partial charge in [-0.25, -0.2) is 13.2 Å². The number of ether oxygens (including phenoxy) is 1. The van der Waals surface area contributed by atoms with Crippen LogP contribution in [0, 0.1) is 16.0 Å². The fourth-order valence-electron chi connectivity index (χ4n) is 3.76. The largest absolute Gasteiger partial charge is 0.726 e. The summed E-state index contributed by atoms with van der Waals surface area (Å²) in [7, 11) is -5.04. The molecule has 1 saturated heterocycles. The van der Waals surface area contributed by atoms with Crippen molar-refractivity contribution in [3.05, 3.63) is 62.2 Å². The molecule has 15 heteroatoms. The highest BCUT2D eigenvalue weighted by atomic mass is 32.3. The topological polar surface area (TPSA) is 185 Å². The van der Waals surface area contributed by atoms with Crippen molar-refractivity contribution >= 4 is 45.6 Å². The molecule has 0 unspecified atom stereocenters. The predicted octanol–water partition coefficient (Wildman–Crippen LogP) is 1.29. The van der Waals surface area contributed by atoms with Gasteiger partial charge in [0.1, 0.15) is 12.3 Å². The van der Waals surface area contributed by atoms with Gasteiger partial charge in [-0.3, -0.25) is 23.9 Å². The van der Waals surface area contributed by atoms with E-state index in [1.54, 1.807) is 0 Å². The number of nitrogens with one attached hydrogen (secondary N) is 1. The molecule has 1 N–H and O–H groups in total. The number of non-ortho nitro benzene ring substituents is 1. The number of hydrogen-bond acceptors (Lipinski definition) is 11. The van der Waals surface area contributed by atoms with Gasteiger partial charge in [0, 0.05) is 36.6 Å². The van der Waals surface area contributed by atoms with Gasteiger partial charge in [0.05, 0.1) is 23.0 Å². The minimum atomic E-state index is -5.04. The fourth-order valence-corrected chi connectivity index (χ4v) is 5.11. The monoisotopic (exact) mass is 526 g/mol. The first-order valence-corrected chi connectivity index (χ1v) is 12.3. The Hall–Kier alpha value is -3.27. The Morgan fingerprint density at radius 1 is 1.34 bits per heavy atom. The van der Waals surface area contributed by atoms with Crippen LogP contribution in [0.15, 0.2) is 46.5 Å². The zero-order valence-electron chi connectivity index (χ0n) is 18.4. The third-order valence-corrected chi connectivity index (χ3v) is 6.68. The highest BCUT2D eigenvalue weighted by Gasteiger charge is 2.57. The Kier molecular flexibility index (Phi) is 7.94. The summed E-state index contributed by atoms with van der Waals surface area (Å²) in [5.41, 5.74) is 0.307. The number of β-lactam (4-membered cyclic amide) rings is 1. The molecule has 2 aliphatic rings. The van der Waals surface area contributed by atoms with Crippen LogP contribution in [0.5, 0.6) is 0 Å². The highest BCUT2D eigenvalue weighted by molar-refractivity contribution is 8.05. The Bertz CT molecular complexity index is 1210.